The van der Waals surface area contributed by atoms with Crippen LogP contribution in [-0.2, 0) is 4.57 Å². The van der Waals surface area contributed by atoms with Crippen LogP contribution in [0.2, 0.25) is 0 Å². The van der Waals surface area contributed by atoms with Crippen molar-refractivity contribution >= 4 is 13.1 Å². The first-order valence-electron chi connectivity index (χ1n) is 5.40. The third kappa shape index (κ3) is 3.61. The molecule has 5 N–H and O–H groups in total. The highest BCUT2D eigenvalue weighted by Gasteiger charge is 2.29. The zero-order chi connectivity index (χ0) is 13.8. The third-order valence-electron chi connectivity index (χ3n) is 2.54. The van der Waals surface area contributed by atoms with Gasteiger partial charge in [-0.25, -0.2) is 0 Å². The highest BCUT2D eigenvalue weighted by atomic mass is 31.2. The van der Waals surface area contributed by atoms with Gasteiger partial charge in [0.15, 0.2) is 0 Å². The van der Waals surface area contributed by atoms with Crippen LogP contribution < -0.4 is 11.5 Å². The molecule has 0 heterocycles. The molecule has 0 amide bonds. The van der Waals surface area contributed by atoms with Gasteiger partial charge in [-0.3, -0.25) is 14.7 Å². The van der Waals surface area contributed by atoms with Crippen LogP contribution >= 0.6 is 7.37 Å². The monoisotopic (exact) mass is 273 g/mol. The second-order valence-electron chi connectivity index (χ2n) is 3.92. The maximum atomic E-state index is 12.0. The number of benzene rings is 1. The van der Waals surface area contributed by atoms with Crippen LogP contribution in [-0.4, -0.2) is 22.5 Å². The molecule has 0 aromatic heterocycles. The molecule has 1 rings (SSSR count). The Morgan fingerprint density at radius 2 is 2.17 bits per heavy atom. The molecule has 0 radical (unpaired) electrons. The van der Waals surface area contributed by atoms with Crippen molar-refractivity contribution in [1.82, 2.24) is 0 Å². The average molecular weight is 273 g/mol. The second kappa shape index (κ2) is 6.06. The van der Waals surface area contributed by atoms with E-state index in [2.05, 4.69) is 0 Å². The smallest absolute Gasteiger partial charge is 0.269 e. The van der Waals surface area contributed by atoms with Gasteiger partial charge in [0.25, 0.3) is 5.69 Å². The van der Waals surface area contributed by atoms with E-state index in [0.29, 0.717) is 13.0 Å². The van der Waals surface area contributed by atoms with Crippen LogP contribution in [0.1, 0.15) is 17.8 Å². The zero-order valence-corrected chi connectivity index (χ0v) is 10.6. The Hall–Kier alpha value is -1.27. The summed E-state index contributed by atoms with van der Waals surface area (Å²) in [6.07, 6.45) is 0.393. The fraction of sp³-hybridized carbons (Fsp3) is 0.400. The Morgan fingerprint density at radius 1 is 1.50 bits per heavy atom. The van der Waals surface area contributed by atoms with Crippen LogP contribution in [0.15, 0.2) is 24.3 Å². The third-order valence-corrected chi connectivity index (χ3v) is 4.66. The lowest BCUT2D eigenvalue weighted by molar-refractivity contribution is -0.384. The Bertz CT molecular complexity index is 480. The van der Waals surface area contributed by atoms with Gasteiger partial charge in [0.05, 0.1) is 4.92 Å². The molecule has 0 saturated carbocycles. The Kier molecular flexibility index (Phi) is 4.98. The summed E-state index contributed by atoms with van der Waals surface area (Å²) in [6.45, 7) is 0.298. The maximum Gasteiger partial charge on any atom is 0.269 e. The molecule has 1 aromatic carbocycles. The van der Waals surface area contributed by atoms with Crippen molar-refractivity contribution in [2.24, 2.45) is 11.5 Å². The number of hydrogen-bond donors (Lipinski definition) is 3. The standard InChI is InChI=1S/C10H16N3O4P/c11-5-2-6-18(16,17)10(12)8-3-1-4-9(7-8)13(14)15/h1,3-4,7,10H,2,5-6,11-12H2,(H,16,17). The summed E-state index contributed by atoms with van der Waals surface area (Å²) in [4.78, 5) is 19.8. The predicted molar refractivity (Wildman–Crippen MR) is 68.4 cm³/mol. The van der Waals surface area contributed by atoms with Gasteiger partial charge < -0.3 is 16.4 Å². The van der Waals surface area contributed by atoms with Crippen molar-refractivity contribution in [2.45, 2.75) is 12.2 Å². The normalized spacial score (nSPS) is 15.9. The molecule has 0 fully saturated rings. The molecule has 18 heavy (non-hydrogen) atoms. The van der Waals surface area contributed by atoms with E-state index in [1.807, 2.05) is 0 Å². The SMILES string of the molecule is NCCCP(=O)(O)C(N)c1cccc([N+](=O)[O-])c1. The summed E-state index contributed by atoms with van der Waals surface area (Å²) in [5, 5.41) is 10.6. The summed E-state index contributed by atoms with van der Waals surface area (Å²) in [6, 6.07) is 5.47. The molecule has 1 aromatic rings. The van der Waals surface area contributed by atoms with E-state index in [-0.39, 0.29) is 17.4 Å². The molecule has 100 valence electrons. The van der Waals surface area contributed by atoms with Gasteiger partial charge in [-0.15, -0.1) is 0 Å². The molecule has 0 saturated heterocycles. The molecule has 7 nitrogen and oxygen atoms in total. The Morgan fingerprint density at radius 3 is 2.72 bits per heavy atom. The summed E-state index contributed by atoms with van der Waals surface area (Å²) < 4.78 is 12.0. The first kappa shape index (κ1) is 14.8. The van der Waals surface area contributed by atoms with E-state index in [0.717, 1.165) is 0 Å². The molecule has 8 heteroatoms. The fourth-order valence-electron chi connectivity index (χ4n) is 1.51. The maximum absolute atomic E-state index is 12.0. The quantitative estimate of drug-likeness (QED) is 0.405. The summed E-state index contributed by atoms with van der Waals surface area (Å²) in [7, 11) is -3.60. The van der Waals surface area contributed by atoms with Gasteiger partial charge in [-0.2, -0.15) is 0 Å². The highest BCUT2D eigenvalue weighted by molar-refractivity contribution is 7.58. The van der Waals surface area contributed by atoms with Crippen molar-refractivity contribution in [3.63, 3.8) is 0 Å². The van der Waals surface area contributed by atoms with Crippen molar-refractivity contribution < 1.29 is 14.4 Å². The van der Waals surface area contributed by atoms with Crippen LogP contribution in [0.4, 0.5) is 5.69 Å². The van der Waals surface area contributed by atoms with E-state index >= 15 is 0 Å². The van der Waals surface area contributed by atoms with E-state index < -0.39 is 18.1 Å². The first-order valence-corrected chi connectivity index (χ1v) is 7.31. The summed E-state index contributed by atoms with van der Waals surface area (Å²) in [5.74, 6) is -1.12. The van der Waals surface area contributed by atoms with E-state index in [4.69, 9.17) is 11.5 Å². The topological polar surface area (TPSA) is 132 Å². The number of nitro benzene ring substituents is 1. The van der Waals surface area contributed by atoms with Gasteiger partial charge in [-0.05, 0) is 18.5 Å². The van der Waals surface area contributed by atoms with Crippen LogP contribution in [0.25, 0.3) is 0 Å². The van der Waals surface area contributed by atoms with Gasteiger partial charge in [0, 0.05) is 18.3 Å². The summed E-state index contributed by atoms with van der Waals surface area (Å²) in [5.41, 5.74) is 11.1. The lowest BCUT2D eigenvalue weighted by Crippen LogP contribution is -2.14. The fourth-order valence-corrected chi connectivity index (χ4v) is 3.05. The number of nitrogens with zero attached hydrogens (tertiary/aromatic N) is 1. The van der Waals surface area contributed by atoms with E-state index in [9.17, 15) is 19.6 Å². The minimum atomic E-state index is -3.60. The molecule has 2 atom stereocenters. The predicted octanol–water partition coefficient (Wildman–Crippen LogP) is 1.17. The molecular formula is C10H16N3O4P. The lowest BCUT2D eigenvalue weighted by Gasteiger charge is -2.19. The molecule has 0 spiro atoms. The van der Waals surface area contributed by atoms with Crippen LogP contribution in [0.3, 0.4) is 0 Å². The van der Waals surface area contributed by atoms with Gasteiger partial charge in [0.2, 0.25) is 7.37 Å². The summed E-state index contributed by atoms with van der Waals surface area (Å²) >= 11 is 0. The lowest BCUT2D eigenvalue weighted by atomic mass is 10.2. The van der Waals surface area contributed by atoms with E-state index in [1.165, 1.54) is 24.3 Å². The average Bonchev–Trinajstić information content (AvgIpc) is 2.35. The van der Waals surface area contributed by atoms with Gasteiger partial charge in [0.1, 0.15) is 5.78 Å². The van der Waals surface area contributed by atoms with Gasteiger partial charge >= 0.3 is 0 Å². The number of nitrogens with two attached hydrogens (primary N) is 2. The van der Waals surface area contributed by atoms with Crippen molar-refractivity contribution in [1.29, 1.82) is 0 Å². The molecule has 0 aliphatic heterocycles. The molecular weight excluding hydrogens is 257 g/mol. The first-order chi connectivity index (χ1) is 8.38. The number of non-ortho nitro benzene ring substituents is 1. The molecule has 0 aliphatic rings. The van der Waals surface area contributed by atoms with Crippen molar-refractivity contribution in [3.8, 4) is 0 Å². The molecule has 2 unspecified atom stereocenters. The second-order valence-corrected chi connectivity index (χ2v) is 6.43. The van der Waals surface area contributed by atoms with Crippen LogP contribution in [0.5, 0.6) is 0 Å². The molecule has 0 bridgehead atoms. The van der Waals surface area contributed by atoms with Gasteiger partial charge in [-0.1, -0.05) is 12.1 Å². The minimum absolute atomic E-state index is 0.00730. The largest absolute Gasteiger partial charge is 0.343 e. The zero-order valence-electron chi connectivity index (χ0n) is 9.73. The number of rotatable bonds is 6. The highest BCUT2D eigenvalue weighted by Crippen LogP contribution is 2.52. The van der Waals surface area contributed by atoms with Crippen molar-refractivity contribution in [2.75, 3.05) is 12.7 Å². The Labute approximate surface area is 104 Å². The number of nitro groups is 1. The van der Waals surface area contributed by atoms with Crippen molar-refractivity contribution in [3.05, 3.63) is 39.9 Å². The minimum Gasteiger partial charge on any atom is -0.343 e. The van der Waals surface area contributed by atoms with E-state index in [1.54, 1.807) is 0 Å². The number of hydrogen-bond acceptors (Lipinski definition) is 5. The van der Waals surface area contributed by atoms with Crippen LogP contribution in [0, 0.1) is 10.1 Å². The molecule has 0 aliphatic carbocycles. The Balaban J connectivity index is 2.96.